The summed E-state index contributed by atoms with van der Waals surface area (Å²) in [5, 5.41) is 11.4. The number of hydrogen-bond acceptors (Lipinski definition) is 4. The van der Waals surface area contributed by atoms with Crippen LogP contribution >= 0.6 is 0 Å². The molecule has 0 aliphatic carbocycles. The minimum Gasteiger partial charge on any atom is -0.332 e. The Kier molecular flexibility index (Phi) is 3.46. The number of aromatic amines is 1. The zero-order chi connectivity index (χ0) is 16.5. The van der Waals surface area contributed by atoms with Crippen LogP contribution in [0.4, 0.5) is 0 Å². The maximum atomic E-state index is 5.39. The molecule has 0 atom stereocenters. The number of rotatable bonds is 3. The largest absolute Gasteiger partial charge is 0.332 e. The topological polar surface area (TPSA) is 67.6 Å². The van der Waals surface area contributed by atoms with Gasteiger partial charge in [-0.25, -0.2) is 0 Å². The molecule has 2 heterocycles. The second-order valence-electron chi connectivity index (χ2n) is 5.77. The monoisotopic (exact) mass is 316 g/mol. The normalized spacial score (nSPS) is 10.9. The Morgan fingerprint density at radius 2 is 1.83 bits per heavy atom. The van der Waals surface area contributed by atoms with Gasteiger partial charge in [0.25, 0.3) is 5.89 Å². The molecule has 0 radical (unpaired) electrons. The maximum Gasteiger partial charge on any atom is 0.276 e. The molecule has 0 aliphatic rings. The Morgan fingerprint density at radius 3 is 2.67 bits per heavy atom. The van der Waals surface area contributed by atoms with Crippen LogP contribution in [0.5, 0.6) is 0 Å². The summed E-state index contributed by atoms with van der Waals surface area (Å²) in [6, 6.07) is 18.1. The Hall–Kier alpha value is -3.21. The standard InChI is InChI=1S/C19H16N4O/c1-12-6-5-8-14(10-12)18-20-19(24-23-18)17-11-16(21-22-17)15-9-4-3-7-13(15)2/h3-11H,1-2H3,(H,21,22). The van der Waals surface area contributed by atoms with Gasteiger partial charge in [0.2, 0.25) is 5.82 Å². The highest BCUT2D eigenvalue weighted by Crippen LogP contribution is 2.26. The van der Waals surface area contributed by atoms with Gasteiger partial charge in [-0.2, -0.15) is 10.1 Å². The number of H-pyrrole nitrogens is 1. The van der Waals surface area contributed by atoms with Crippen molar-refractivity contribution < 1.29 is 4.52 Å². The van der Waals surface area contributed by atoms with Crippen molar-refractivity contribution >= 4 is 0 Å². The molecule has 4 aromatic rings. The lowest BCUT2D eigenvalue weighted by Crippen LogP contribution is -1.82. The molecule has 0 spiro atoms. The number of aromatic nitrogens is 4. The van der Waals surface area contributed by atoms with E-state index in [4.69, 9.17) is 4.52 Å². The summed E-state index contributed by atoms with van der Waals surface area (Å²) >= 11 is 0. The molecule has 1 N–H and O–H groups in total. The second-order valence-corrected chi connectivity index (χ2v) is 5.77. The molecular weight excluding hydrogens is 300 g/mol. The van der Waals surface area contributed by atoms with Crippen molar-refractivity contribution in [2.24, 2.45) is 0 Å². The van der Waals surface area contributed by atoms with Crippen LogP contribution in [0, 0.1) is 13.8 Å². The third kappa shape index (κ3) is 2.60. The summed E-state index contributed by atoms with van der Waals surface area (Å²) in [4.78, 5) is 4.47. The summed E-state index contributed by atoms with van der Waals surface area (Å²) in [5.41, 5.74) is 5.91. The summed E-state index contributed by atoms with van der Waals surface area (Å²) in [6.07, 6.45) is 0. The molecule has 5 nitrogen and oxygen atoms in total. The van der Waals surface area contributed by atoms with Gasteiger partial charge >= 0.3 is 0 Å². The number of aryl methyl sites for hydroxylation is 2. The minimum atomic E-state index is 0.429. The molecule has 2 aromatic carbocycles. The van der Waals surface area contributed by atoms with Crippen LogP contribution in [0.2, 0.25) is 0 Å². The van der Waals surface area contributed by atoms with E-state index in [-0.39, 0.29) is 0 Å². The second kappa shape index (κ2) is 5.77. The van der Waals surface area contributed by atoms with E-state index in [9.17, 15) is 0 Å². The Balaban J connectivity index is 1.68. The molecule has 2 aromatic heterocycles. The highest BCUT2D eigenvalue weighted by molar-refractivity contribution is 5.68. The Morgan fingerprint density at radius 1 is 0.958 bits per heavy atom. The van der Waals surface area contributed by atoms with Gasteiger partial charge in [0.05, 0.1) is 5.69 Å². The fourth-order valence-electron chi connectivity index (χ4n) is 2.66. The molecule has 24 heavy (non-hydrogen) atoms. The molecule has 0 saturated heterocycles. The first-order valence-electron chi connectivity index (χ1n) is 7.73. The number of nitrogens with one attached hydrogen (secondary N) is 1. The maximum absolute atomic E-state index is 5.39. The molecule has 0 saturated carbocycles. The highest BCUT2D eigenvalue weighted by atomic mass is 16.5. The molecule has 0 fully saturated rings. The van der Waals surface area contributed by atoms with Gasteiger partial charge in [0.1, 0.15) is 5.69 Å². The van der Waals surface area contributed by atoms with Gasteiger partial charge in [0.15, 0.2) is 0 Å². The lowest BCUT2D eigenvalue weighted by molar-refractivity contribution is 0.431. The van der Waals surface area contributed by atoms with Gasteiger partial charge in [-0.1, -0.05) is 53.2 Å². The van der Waals surface area contributed by atoms with E-state index >= 15 is 0 Å². The van der Waals surface area contributed by atoms with Crippen molar-refractivity contribution in [2.75, 3.05) is 0 Å². The first-order chi connectivity index (χ1) is 11.7. The van der Waals surface area contributed by atoms with Crippen molar-refractivity contribution in [3.63, 3.8) is 0 Å². The fraction of sp³-hybridized carbons (Fsp3) is 0.105. The molecular formula is C19H16N4O. The zero-order valence-corrected chi connectivity index (χ0v) is 13.4. The predicted octanol–water partition coefficient (Wildman–Crippen LogP) is 4.41. The summed E-state index contributed by atoms with van der Waals surface area (Å²) in [6.45, 7) is 4.10. The smallest absolute Gasteiger partial charge is 0.276 e. The third-order valence-corrected chi connectivity index (χ3v) is 3.93. The lowest BCUT2D eigenvalue weighted by atomic mass is 10.1. The van der Waals surface area contributed by atoms with Crippen molar-refractivity contribution in [1.29, 1.82) is 0 Å². The van der Waals surface area contributed by atoms with E-state index in [2.05, 4.69) is 33.3 Å². The minimum absolute atomic E-state index is 0.429. The van der Waals surface area contributed by atoms with Crippen molar-refractivity contribution in [3.05, 3.63) is 65.7 Å². The Labute approximate surface area is 139 Å². The van der Waals surface area contributed by atoms with E-state index < -0.39 is 0 Å². The summed E-state index contributed by atoms with van der Waals surface area (Å²) in [5.74, 6) is 1.000. The van der Waals surface area contributed by atoms with Crippen LogP contribution in [-0.2, 0) is 0 Å². The molecule has 0 aliphatic heterocycles. The van der Waals surface area contributed by atoms with Crippen LogP contribution in [-0.4, -0.2) is 20.3 Å². The zero-order valence-electron chi connectivity index (χ0n) is 13.4. The van der Waals surface area contributed by atoms with Gasteiger partial charge in [-0.15, -0.1) is 0 Å². The highest BCUT2D eigenvalue weighted by Gasteiger charge is 2.14. The molecule has 4 rings (SSSR count). The number of benzene rings is 2. The lowest BCUT2D eigenvalue weighted by Gasteiger charge is -1.99. The number of hydrogen-bond donors (Lipinski definition) is 1. The average molecular weight is 316 g/mol. The van der Waals surface area contributed by atoms with E-state index in [1.807, 2.05) is 55.5 Å². The van der Waals surface area contributed by atoms with Crippen molar-refractivity contribution in [3.8, 4) is 34.2 Å². The molecule has 0 amide bonds. The first kappa shape index (κ1) is 14.4. The van der Waals surface area contributed by atoms with E-state index in [1.54, 1.807) is 0 Å². The van der Waals surface area contributed by atoms with Crippen LogP contribution < -0.4 is 0 Å². The van der Waals surface area contributed by atoms with Gasteiger partial charge in [-0.05, 0) is 31.5 Å². The Bertz CT molecular complexity index is 1000. The van der Waals surface area contributed by atoms with Crippen LogP contribution in [0.3, 0.4) is 0 Å². The predicted molar refractivity (Wildman–Crippen MR) is 92.2 cm³/mol. The SMILES string of the molecule is Cc1cccc(-c2noc(-c3cc(-c4ccccc4C)n[nH]3)n2)c1. The molecule has 0 unspecified atom stereocenters. The molecule has 118 valence electrons. The fourth-order valence-corrected chi connectivity index (χ4v) is 2.66. The molecule has 5 heteroatoms. The van der Waals surface area contributed by atoms with Gasteiger partial charge < -0.3 is 4.52 Å². The molecule has 0 bridgehead atoms. The first-order valence-corrected chi connectivity index (χ1v) is 7.73. The van der Waals surface area contributed by atoms with Gasteiger partial charge in [0, 0.05) is 11.1 Å². The van der Waals surface area contributed by atoms with E-state index in [0.29, 0.717) is 17.4 Å². The van der Waals surface area contributed by atoms with Crippen molar-refractivity contribution in [1.82, 2.24) is 20.3 Å². The average Bonchev–Trinajstić information content (AvgIpc) is 3.25. The van der Waals surface area contributed by atoms with Crippen LogP contribution in [0.25, 0.3) is 34.2 Å². The van der Waals surface area contributed by atoms with E-state index in [1.165, 1.54) is 5.56 Å². The van der Waals surface area contributed by atoms with Crippen LogP contribution in [0.1, 0.15) is 11.1 Å². The van der Waals surface area contributed by atoms with Crippen molar-refractivity contribution in [2.45, 2.75) is 13.8 Å². The summed E-state index contributed by atoms with van der Waals surface area (Å²) < 4.78 is 5.39. The quantitative estimate of drug-likeness (QED) is 0.608. The summed E-state index contributed by atoms with van der Waals surface area (Å²) in [7, 11) is 0. The van der Waals surface area contributed by atoms with E-state index in [0.717, 1.165) is 22.4 Å². The van der Waals surface area contributed by atoms with Crippen LogP contribution in [0.15, 0.2) is 59.1 Å². The van der Waals surface area contributed by atoms with Gasteiger partial charge in [-0.3, -0.25) is 5.10 Å². The number of nitrogens with zero attached hydrogens (tertiary/aromatic N) is 3. The third-order valence-electron chi connectivity index (χ3n) is 3.93.